The molecular formula is C9H11ClN2S. The second-order valence-corrected chi connectivity index (χ2v) is 4.83. The molecule has 13 heavy (non-hydrogen) atoms. The van der Waals surface area contributed by atoms with Gasteiger partial charge < -0.3 is 5.32 Å². The highest BCUT2D eigenvalue weighted by Crippen LogP contribution is 2.18. The first kappa shape index (κ1) is 9.19. The molecule has 0 fully saturated rings. The Labute approximate surface area is 86.6 Å². The molecule has 1 aliphatic carbocycles. The number of nitrogens with one attached hydrogen (secondary N) is 1. The van der Waals surface area contributed by atoms with E-state index in [4.69, 9.17) is 11.6 Å². The highest BCUT2D eigenvalue weighted by Gasteiger charge is 2.09. The summed E-state index contributed by atoms with van der Waals surface area (Å²) in [5.41, 5.74) is 0. The summed E-state index contributed by atoms with van der Waals surface area (Å²) in [6, 6.07) is 0.600. The minimum absolute atomic E-state index is 0.600. The largest absolute Gasteiger partial charge is 0.307 e. The quantitative estimate of drug-likeness (QED) is 0.783. The van der Waals surface area contributed by atoms with Gasteiger partial charge in [-0.3, -0.25) is 0 Å². The average molecular weight is 215 g/mol. The van der Waals surface area contributed by atoms with Crippen molar-refractivity contribution in [1.29, 1.82) is 0 Å². The van der Waals surface area contributed by atoms with Gasteiger partial charge in [-0.25, -0.2) is 4.98 Å². The Kier molecular flexibility index (Phi) is 2.98. The molecule has 1 N–H and O–H groups in total. The maximum Gasteiger partial charge on any atom is 0.113 e. The summed E-state index contributed by atoms with van der Waals surface area (Å²) in [6.45, 7) is 0.837. The SMILES string of the molecule is Clc1cnc(CNC2CC=CC2)s1. The predicted molar refractivity (Wildman–Crippen MR) is 56.1 cm³/mol. The van der Waals surface area contributed by atoms with E-state index in [1.807, 2.05) is 0 Å². The molecule has 1 aromatic heterocycles. The maximum absolute atomic E-state index is 5.77. The number of hydrogen-bond donors (Lipinski definition) is 1. The molecule has 0 aliphatic heterocycles. The fourth-order valence-electron chi connectivity index (χ4n) is 1.39. The topological polar surface area (TPSA) is 24.9 Å². The normalized spacial score (nSPS) is 17.0. The van der Waals surface area contributed by atoms with Crippen LogP contribution in [0.4, 0.5) is 0 Å². The van der Waals surface area contributed by atoms with Crippen molar-refractivity contribution in [3.8, 4) is 0 Å². The molecular weight excluding hydrogens is 204 g/mol. The summed E-state index contributed by atoms with van der Waals surface area (Å²) in [7, 11) is 0. The Morgan fingerprint density at radius 1 is 1.54 bits per heavy atom. The van der Waals surface area contributed by atoms with Crippen LogP contribution in [0.5, 0.6) is 0 Å². The first-order valence-electron chi connectivity index (χ1n) is 4.33. The lowest BCUT2D eigenvalue weighted by Gasteiger charge is -2.09. The fraction of sp³-hybridized carbons (Fsp3) is 0.444. The van der Waals surface area contributed by atoms with E-state index in [0.717, 1.165) is 28.7 Å². The first-order chi connectivity index (χ1) is 6.34. The van der Waals surface area contributed by atoms with Crippen LogP contribution in [0.1, 0.15) is 17.8 Å². The van der Waals surface area contributed by atoms with Gasteiger partial charge >= 0.3 is 0 Å². The predicted octanol–water partition coefficient (Wildman–Crippen LogP) is 2.60. The molecule has 0 saturated carbocycles. The smallest absolute Gasteiger partial charge is 0.113 e. The standard InChI is InChI=1S/C9H11ClN2S/c10-8-5-12-9(13-8)6-11-7-3-1-2-4-7/h1-2,5,7,11H,3-4,6H2. The molecule has 0 saturated heterocycles. The third-order valence-corrected chi connectivity index (χ3v) is 3.19. The van der Waals surface area contributed by atoms with E-state index >= 15 is 0 Å². The van der Waals surface area contributed by atoms with Crippen LogP contribution in [-0.2, 0) is 6.54 Å². The lowest BCUT2D eigenvalue weighted by molar-refractivity contribution is 0.537. The van der Waals surface area contributed by atoms with Crippen molar-refractivity contribution in [3.05, 3.63) is 27.7 Å². The molecule has 0 radical (unpaired) electrons. The van der Waals surface area contributed by atoms with Crippen molar-refractivity contribution < 1.29 is 0 Å². The third kappa shape index (κ3) is 2.53. The zero-order valence-electron chi connectivity index (χ0n) is 7.16. The molecule has 0 aromatic carbocycles. The van der Waals surface area contributed by atoms with Gasteiger partial charge in [0.1, 0.15) is 9.34 Å². The van der Waals surface area contributed by atoms with Gasteiger partial charge in [-0.2, -0.15) is 0 Å². The van der Waals surface area contributed by atoms with Crippen LogP contribution in [0, 0.1) is 0 Å². The van der Waals surface area contributed by atoms with Crippen molar-refractivity contribution in [2.24, 2.45) is 0 Å². The van der Waals surface area contributed by atoms with Crippen molar-refractivity contribution in [2.45, 2.75) is 25.4 Å². The van der Waals surface area contributed by atoms with E-state index in [0.29, 0.717) is 6.04 Å². The van der Waals surface area contributed by atoms with Crippen molar-refractivity contribution >= 4 is 22.9 Å². The number of aromatic nitrogens is 1. The average Bonchev–Trinajstić information content (AvgIpc) is 2.71. The van der Waals surface area contributed by atoms with Gasteiger partial charge in [0.05, 0.1) is 6.20 Å². The van der Waals surface area contributed by atoms with Crippen molar-refractivity contribution in [1.82, 2.24) is 10.3 Å². The van der Waals surface area contributed by atoms with Gasteiger partial charge in [0.2, 0.25) is 0 Å². The summed E-state index contributed by atoms with van der Waals surface area (Å²) >= 11 is 7.31. The van der Waals surface area contributed by atoms with E-state index in [-0.39, 0.29) is 0 Å². The van der Waals surface area contributed by atoms with Gasteiger partial charge in [-0.15, -0.1) is 11.3 Å². The minimum atomic E-state index is 0.600. The first-order valence-corrected chi connectivity index (χ1v) is 5.52. The molecule has 1 aliphatic rings. The van der Waals surface area contributed by atoms with Crippen LogP contribution in [-0.4, -0.2) is 11.0 Å². The van der Waals surface area contributed by atoms with Gasteiger partial charge in [0, 0.05) is 12.6 Å². The molecule has 70 valence electrons. The van der Waals surface area contributed by atoms with E-state index < -0.39 is 0 Å². The zero-order chi connectivity index (χ0) is 9.10. The number of thiazole rings is 1. The van der Waals surface area contributed by atoms with Crippen LogP contribution >= 0.6 is 22.9 Å². The highest BCUT2D eigenvalue weighted by atomic mass is 35.5. The van der Waals surface area contributed by atoms with Crippen LogP contribution in [0.2, 0.25) is 4.34 Å². The highest BCUT2D eigenvalue weighted by molar-refractivity contribution is 7.15. The summed E-state index contributed by atoms with van der Waals surface area (Å²) in [6.07, 6.45) is 8.41. The summed E-state index contributed by atoms with van der Waals surface area (Å²) in [4.78, 5) is 4.18. The molecule has 0 unspecified atom stereocenters. The van der Waals surface area contributed by atoms with E-state index in [1.54, 1.807) is 17.5 Å². The molecule has 0 atom stereocenters. The molecule has 1 heterocycles. The maximum atomic E-state index is 5.77. The van der Waals surface area contributed by atoms with Gasteiger partial charge in [0.25, 0.3) is 0 Å². The number of halogens is 1. The van der Waals surface area contributed by atoms with Crippen LogP contribution in [0.3, 0.4) is 0 Å². The molecule has 0 spiro atoms. The third-order valence-electron chi connectivity index (χ3n) is 2.08. The number of nitrogens with zero attached hydrogens (tertiary/aromatic N) is 1. The Morgan fingerprint density at radius 2 is 2.31 bits per heavy atom. The summed E-state index contributed by atoms with van der Waals surface area (Å²) < 4.78 is 0.765. The Bertz CT molecular complexity index is 300. The Hall–Kier alpha value is -0.380. The second-order valence-electron chi connectivity index (χ2n) is 3.08. The Morgan fingerprint density at radius 3 is 2.92 bits per heavy atom. The molecule has 0 bridgehead atoms. The van der Waals surface area contributed by atoms with Gasteiger partial charge in [-0.05, 0) is 12.8 Å². The van der Waals surface area contributed by atoms with Gasteiger partial charge in [0.15, 0.2) is 0 Å². The lowest BCUT2D eigenvalue weighted by atomic mass is 10.2. The van der Waals surface area contributed by atoms with Crippen molar-refractivity contribution in [3.63, 3.8) is 0 Å². The van der Waals surface area contributed by atoms with Crippen LogP contribution in [0.15, 0.2) is 18.3 Å². The zero-order valence-corrected chi connectivity index (χ0v) is 8.74. The fourth-order valence-corrected chi connectivity index (χ4v) is 2.29. The molecule has 0 amide bonds. The van der Waals surface area contributed by atoms with Crippen LogP contribution in [0.25, 0.3) is 0 Å². The van der Waals surface area contributed by atoms with Gasteiger partial charge in [-0.1, -0.05) is 23.8 Å². The second kappa shape index (κ2) is 4.22. The van der Waals surface area contributed by atoms with E-state index in [2.05, 4.69) is 22.5 Å². The summed E-state index contributed by atoms with van der Waals surface area (Å²) in [5.74, 6) is 0. The molecule has 4 heteroatoms. The van der Waals surface area contributed by atoms with Crippen molar-refractivity contribution in [2.75, 3.05) is 0 Å². The number of hydrogen-bond acceptors (Lipinski definition) is 3. The lowest BCUT2D eigenvalue weighted by Crippen LogP contribution is -2.25. The van der Waals surface area contributed by atoms with Crippen LogP contribution < -0.4 is 5.32 Å². The van der Waals surface area contributed by atoms with E-state index in [9.17, 15) is 0 Å². The summed E-state index contributed by atoms with van der Waals surface area (Å²) in [5, 5.41) is 4.50. The molecule has 2 nitrogen and oxygen atoms in total. The minimum Gasteiger partial charge on any atom is -0.307 e. The molecule has 2 rings (SSSR count). The Balaban J connectivity index is 1.79. The number of rotatable bonds is 3. The van der Waals surface area contributed by atoms with E-state index in [1.165, 1.54) is 0 Å². The molecule has 1 aromatic rings. The monoisotopic (exact) mass is 214 g/mol.